The van der Waals surface area contributed by atoms with Crippen LogP contribution in [0.4, 0.5) is 0 Å². The van der Waals surface area contributed by atoms with Crippen molar-refractivity contribution in [3.8, 4) is 33.8 Å². The van der Waals surface area contributed by atoms with Crippen LogP contribution in [0.1, 0.15) is 17.0 Å². The van der Waals surface area contributed by atoms with Gasteiger partial charge in [-0.1, -0.05) is 65.0 Å². The van der Waals surface area contributed by atoms with Gasteiger partial charge in [-0.2, -0.15) is 11.3 Å². The van der Waals surface area contributed by atoms with Crippen LogP contribution in [0, 0.1) is 46.0 Å². The Morgan fingerprint density at radius 3 is 2.08 bits per heavy atom. The minimum Gasteiger partial charge on any atom is -0.318 e. The molecule has 4 heterocycles. The van der Waals surface area contributed by atoms with Crippen molar-refractivity contribution in [2.75, 3.05) is 0 Å². The number of nitrogens with zero attached hydrogens (tertiary/aromatic N) is 3. The molecule has 8 rings (SSSR count). The third kappa shape index (κ3) is 8.31. The Morgan fingerprint density at radius 2 is 1.35 bits per heavy atom. The summed E-state index contributed by atoms with van der Waals surface area (Å²) < 4.78 is 4.54. The number of pyridine rings is 3. The topological polar surface area (TPSA) is 29.7 Å². The molecule has 0 aliphatic heterocycles. The molecule has 8 aromatic rings. The van der Waals surface area contributed by atoms with Crippen molar-refractivity contribution in [2.24, 2.45) is 0 Å². The van der Waals surface area contributed by atoms with E-state index in [4.69, 9.17) is 0 Å². The first kappa shape index (κ1) is 34.4. The van der Waals surface area contributed by atoms with Crippen molar-refractivity contribution >= 4 is 31.5 Å². The molecule has 0 saturated heterocycles. The van der Waals surface area contributed by atoms with Crippen molar-refractivity contribution in [1.29, 1.82) is 0 Å². The van der Waals surface area contributed by atoms with Crippen LogP contribution in [0.15, 0.2) is 140 Å². The Balaban J connectivity index is 0.000000144. The van der Waals surface area contributed by atoms with Gasteiger partial charge in [-0.25, -0.2) is 0 Å². The van der Waals surface area contributed by atoms with E-state index in [0.717, 1.165) is 45.2 Å². The van der Waals surface area contributed by atoms with Crippen molar-refractivity contribution in [2.45, 2.75) is 20.8 Å². The third-order valence-electron chi connectivity index (χ3n) is 7.67. The van der Waals surface area contributed by atoms with Crippen molar-refractivity contribution in [1.82, 2.24) is 9.97 Å². The molecule has 0 N–H and O–H groups in total. The Kier molecular flexibility index (Phi) is 11.7. The predicted molar refractivity (Wildman–Crippen MR) is 196 cm³/mol. The molecule has 239 valence electrons. The van der Waals surface area contributed by atoms with E-state index in [-0.39, 0.29) is 20.1 Å². The second kappa shape index (κ2) is 16.3. The molecule has 0 fully saturated rings. The molecule has 0 saturated carbocycles. The molecule has 0 aliphatic rings. The fourth-order valence-corrected chi connectivity index (χ4v) is 6.30. The number of benzene rings is 4. The second-order valence-electron chi connectivity index (χ2n) is 11.1. The van der Waals surface area contributed by atoms with Crippen LogP contribution in [0.25, 0.3) is 53.9 Å². The summed E-state index contributed by atoms with van der Waals surface area (Å²) in [5, 5.41) is 2.59. The molecule has 4 aromatic heterocycles. The van der Waals surface area contributed by atoms with Gasteiger partial charge in [-0.05, 0) is 66.5 Å². The number of fused-ring (bicyclic) bond motifs is 3. The SMILES string of the molecule is Cc1cccc(-c2[c-]cccc2)n1.Cc1ccnc(-c2[c-]cc3c(c2)sc2ccccc23)c1.[CH2-][n+]1c(C)cccc1-c1[c-]cccc1.[Ir]. The molecule has 0 aliphatic carbocycles. The van der Waals surface area contributed by atoms with E-state index in [1.165, 1.54) is 25.7 Å². The van der Waals surface area contributed by atoms with Gasteiger partial charge in [0, 0.05) is 43.7 Å². The number of thiophene rings is 1. The maximum atomic E-state index is 4.44. The maximum Gasteiger partial charge on any atom is 0.115 e. The van der Waals surface area contributed by atoms with Gasteiger partial charge in [0.05, 0.1) is 5.69 Å². The summed E-state index contributed by atoms with van der Waals surface area (Å²) in [6, 6.07) is 54.6. The van der Waals surface area contributed by atoms with Crippen LogP contribution in [-0.4, -0.2) is 9.97 Å². The Hall–Kier alpha value is -4.93. The Morgan fingerprint density at radius 1 is 0.625 bits per heavy atom. The van der Waals surface area contributed by atoms with E-state index < -0.39 is 0 Å². The number of hydrogen-bond acceptors (Lipinski definition) is 3. The summed E-state index contributed by atoms with van der Waals surface area (Å²) in [6.07, 6.45) is 1.85. The van der Waals surface area contributed by atoms with E-state index in [0.29, 0.717) is 0 Å². The van der Waals surface area contributed by atoms with E-state index in [9.17, 15) is 0 Å². The number of aromatic nitrogens is 3. The van der Waals surface area contributed by atoms with Crippen LogP contribution < -0.4 is 4.57 Å². The van der Waals surface area contributed by atoms with Crippen LogP contribution in [0.2, 0.25) is 0 Å². The monoisotopic (exact) mass is 817 g/mol. The number of hydrogen-bond donors (Lipinski definition) is 0. The molecule has 48 heavy (non-hydrogen) atoms. The first-order valence-electron chi connectivity index (χ1n) is 15.4. The van der Waals surface area contributed by atoms with Gasteiger partial charge in [0.1, 0.15) is 5.69 Å². The van der Waals surface area contributed by atoms with E-state index in [1.807, 2.05) is 127 Å². The average Bonchev–Trinajstić information content (AvgIpc) is 3.49. The zero-order chi connectivity index (χ0) is 32.6. The molecular formula is C43H34IrN3S-3. The van der Waals surface area contributed by atoms with Gasteiger partial charge in [-0.15, -0.1) is 90.0 Å². The van der Waals surface area contributed by atoms with Gasteiger partial charge in [0.25, 0.3) is 0 Å². The summed E-state index contributed by atoms with van der Waals surface area (Å²) in [5.41, 5.74) is 9.65. The summed E-state index contributed by atoms with van der Waals surface area (Å²) in [4.78, 5) is 8.86. The average molecular weight is 817 g/mol. The first-order chi connectivity index (χ1) is 23.0. The third-order valence-corrected chi connectivity index (χ3v) is 8.80. The summed E-state index contributed by atoms with van der Waals surface area (Å²) in [6.45, 7) is 6.12. The molecule has 0 amide bonds. The fraction of sp³-hybridized carbons (Fsp3) is 0.0698. The van der Waals surface area contributed by atoms with Crippen molar-refractivity contribution in [3.05, 3.63) is 182 Å². The quantitative estimate of drug-likeness (QED) is 0.131. The first-order valence-corrected chi connectivity index (χ1v) is 16.2. The van der Waals surface area contributed by atoms with E-state index in [2.05, 4.69) is 84.6 Å². The Labute approximate surface area is 301 Å². The number of aryl methyl sites for hydroxylation is 3. The minimum absolute atomic E-state index is 0. The summed E-state index contributed by atoms with van der Waals surface area (Å²) in [7, 11) is 3.99. The maximum absolute atomic E-state index is 4.44. The molecule has 0 unspecified atom stereocenters. The zero-order valence-corrected chi connectivity index (χ0v) is 30.3. The molecule has 0 atom stereocenters. The van der Waals surface area contributed by atoms with Crippen LogP contribution in [0.3, 0.4) is 0 Å². The zero-order valence-electron chi connectivity index (χ0n) is 27.1. The summed E-state index contributed by atoms with van der Waals surface area (Å²) in [5.74, 6) is 0. The largest absolute Gasteiger partial charge is 0.318 e. The van der Waals surface area contributed by atoms with Gasteiger partial charge < -0.3 is 14.5 Å². The van der Waals surface area contributed by atoms with Crippen LogP contribution in [0.5, 0.6) is 0 Å². The van der Waals surface area contributed by atoms with Gasteiger partial charge in [0.15, 0.2) is 0 Å². The molecule has 3 nitrogen and oxygen atoms in total. The normalized spacial score (nSPS) is 10.3. The minimum atomic E-state index is 0. The second-order valence-corrected chi connectivity index (χ2v) is 12.2. The van der Waals surface area contributed by atoms with E-state index in [1.54, 1.807) is 0 Å². The van der Waals surface area contributed by atoms with Crippen molar-refractivity contribution in [3.63, 3.8) is 0 Å². The molecule has 1 radical (unpaired) electrons. The molecule has 0 spiro atoms. The van der Waals surface area contributed by atoms with E-state index >= 15 is 0 Å². The molecular weight excluding hydrogens is 783 g/mol. The molecule has 5 heteroatoms. The number of rotatable bonds is 3. The van der Waals surface area contributed by atoms with Crippen molar-refractivity contribution < 1.29 is 24.7 Å². The van der Waals surface area contributed by atoms with Crippen LogP contribution >= 0.6 is 11.3 Å². The van der Waals surface area contributed by atoms with Gasteiger partial charge in [-0.3, -0.25) is 0 Å². The molecule has 4 aromatic carbocycles. The Bertz CT molecular complexity index is 2250. The smallest absolute Gasteiger partial charge is 0.115 e. The predicted octanol–water partition coefficient (Wildman–Crippen LogP) is 10.5. The van der Waals surface area contributed by atoms with Gasteiger partial charge >= 0.3 is 0 Å². The fourth-order valence-electron chi connectivity index (χ4n) is 5.18. The van der Waals surface area contributed by atoms with Gasteiger partial charge in [0.2, 0.25) is 0 Å². The molecule has 0 bridgehead atoms. The standard InChI is InChI=1S/C18H12NS.C13H12N.C12H10N.Ir/c1-12-8-9-19-16(10-12)13-6-7-15-14-4-2-3-5-17(14)20-18(15)11-13;1-11-7-6-10-13(14(11)2)12-8-4-3-5-9-12;1-10-6-5-9-12(13-10)11-7-3-2-4-8-11;/h2-5,7-11H,1H3;3-8,10H,2H2,1H3;2-7,9H,1H3;/q3*-1;. The van der Waals surface area contributed by atoms with Crippen LogP contribution in [-0.2, 0) is 20.1 Å². The summed E-state index contributed by atoms with van der Waals surface area (Å²) >= 11 is 1.83.